The predicted octanol–water partition coefficient (Wildman–Crippen LogP) is 4.13. The summed E-state index contributed by atoms with van der Waals surface area (Å²) in [4.78, 5) is 25.8. The number of aromatic nitrogens is 3. The third-order valence-electron chi connectivity index (χ3n) is 4.94. The summed E-state index contributed by atoms with van der Waals surface area (Å²) in [6.45, 7) is 1.70. The summed E-state index contributed by atoms with van der Waals surface area (Å²) >= 11 is 0. The van der Waals surface area contributed by atoms with E-state index in [1.807, 2.05) is 53.2 Å². The van der Waals surface area contributed by atoms with Crippen molar-refractivity contribution in [2.45, 2.75) is 6.42 Å². The molecule has 0 spiro atoms. The third-order valence-corrected chi connectivity index (χ3v) is 4.94. The minimum atomic E-state index is -1.26. The van der Waals surface area contributed by atoms with Crippen LogP contribution in [0.25, 0.3) is 28.0 Å². The standard InChI is InChI=1S/C23H24N4O.C4H4O4/c1-26(2)15-8-16-28-20-12-6-11-19(17-20)27-23-21(13-7-14-24-23)22(25-27)18-9-4-3-5-10-18;5-3(6)1-2-4(7)8/h3-7,9-14,17H,8,15-16H2,1-2H3;1-2H,(H,5,6)(H,7,8). The number of carboxylic acids is 2. The predicted molar refractivity (Wildman–Crippen MR) is 137 cm³/mol. The molecule has 0 fully saturated rings. The lowest BCUT2D eigenvalue weighted by Crippen LogP contribution is -2.15. The van der Waals surface area contributed by atoms with Crippen LogP contribution in [0.3, 0.4) is 0 Å². The first-order valence-corrected chi connectivity index (χ1v) is 11.3. The molecule has 2 aromatic heterocycles. The second-order valence-electron chi connectivity index (χ2n) is 8.01. The normalized spacial score (nSPS) is 10.9. The first-order chi connectivity index (χ1) is 17.3. The zero-order valence-electron chi connectivity index (χ0n) is 20.1. The molecule has 4 aromatic rings. The van der Waals surface area contributed by atoms with Crippen LogP contribution in [0, 0.1) is 0 Å². The maximum absolute atomic E-state index is 9.55. The van der Waals surface area contributed by atoms with Crippen LogP contribution in [0.2, 0.25) is 0 Å². The van der Waals surface area contributed by atoms with Gasteiger partial charge in [-0.25, -0.2) is 19.3 Å². The molecule has 9 nitrogen and oxygen atoms in total. The van der Waals surface area contributed by atoms with Gasteiger partial charge in [-0.15, -0.1) is 0 Å². The number of carboxylic acid groups (broad SMARTS) is 2. The molecule has 0 aliphatic carbocycles. The van der Waals surface area contributed by atoms with Crippen molar-refractivity contribution in [3.05, 3.63) is 85.1 Å². The summed E-state index contributed by atoms with van der Waals surface area (Å²) in [5.41, 5.74) is 3.79. The number of hydrogen-bond donors (Lipinski definition) is 2. The van der Waals surface area contributed by atoms with Crippen LogP contribution in [0.5, 0.6) is 5.75 Å². The SMILES string of the molecule is CN(C)CCCOc1cccc(-n2nc(-c3ccccc3)c3cccnc32)c1.O=C(O)C=CC(=O)O. The van der Waals surface area contributed by atoms with Gasteiger partial charge in [-0.1, -0.05) is 36.4 Å². The van der Waals surface area contributed by atoms with Gasteiger partial charge >= 0.3 is 11.9 Å². The van der Waals surface area contributed by atoms with Crippen molar-refractivity contribution in [2.75, 3.05) is 27.2 Å². The molecule has 2 heterocycles. The Morgan fingerprint density at radius 1 is 0.972 bits per heavy atom. The van der Waals surface area contributed by atoms with Crippen molar-refractivity contribution in [1.82, 2.24) is 19.7 Å². The topological polar surface area (TPSA) is 118 Å². The molecule has 0 atom stereocenters. The molecular formula is C27H28N4O5. The Labute approximate surface area is 208 Å². The zero-order chi connectivity index (χ0) is 25.9. The van der Waals surface area contributed by atoms with Crippen molar-refractivity contribution in [2.24, 2.45) is 0 Å². The molecule has 0 bridgehead atoms. The van der Waals surface area contributed by atoms with Crippen LogP contribution in [0.1, 0.15) is 6.42 Å². The van der Waals surface area contributed by atoms with Crippen molar-refractivity contribution in [3.8, 4) is 22.7 Å². The van der Waals surface area contributed by atoms with Gasteiger partial charge in [0.15, 0.2) is 5.65 Å². The van der Waals surface area contributed by atoms with E-state index < -0.39 is 11.9 Å². The van der Waals surface area contributed by atoms with E-state index in [0.717, 1.165) is 46.7 Å². The third kappa shape index (κ3) is 7.51. The van der Waals surface area contributed by atoms with Gasteiger partial charge in [0.1, 0.15) is 11.4 Å². The van der Waals surface area contributed by atoms with Crippen molar-refractivity contribution in [3.63, 3.8) is 0 Å². The lowest BCUT2D eigenvalue weighted by atomic mass is 10.1. The van der Waals surface area contributed by atoms with E-state index in [4.69, 9.17) is 20.0 Å². The molecular weight excluding hydrogens is 460 g/mol. The van der Waals surface area contributed by atoms with Crippen LogP contribution in [0.15, 0.2) is 85.1 Å². The maximum Gasteiger partial charge on any atom is 0.328 e. The second kappa shape index (κ2) is 12.8. The number of pyridine rings is 1. The van der Waals surface area contributed by atoms with E-state index in [0.29, 0.717) is 18.8 Å². The first-order valence-electron chi connectivity index (χ1n) is 11.3. The smallest absolute Gasteiger partial charge is 0.328 e. The molecule has 2 N–H and O–H groups in total. The molecule has 36 heavy (non-hydrogen) atoms. The fourth-order valence-electron chi connectivity index (χ4n) is 3.36. The number of rotatable bonds is 9. The van der Waals surface area contributed by atoms with Crippen molar-refractivity contribution < 1.29 is 24.5 Å². The van der Waals surface area contributed by atoms with E-state index >= 15 is 0 Å². The number of nitrogens with zero attached hydrogens (tertiary/aromatic N) is 4. The average molecular weight is 489 g/mol. The Hall–Kier alpha value is -4.50. The van der Waals surface area contributed by atoms with Gasteiger partial charge in [0.25, 0.3) is 0 Å². The molecule has 0 aliphatic rings. The van der Waals surface area contributed by atoms with E-state index in [-0.39, 0.29) is 0 Å². The summed E-state index contributed by atoms with van der Waals surface area (Å²) in [6, 6.07) is 22.3. The first kappa shape index (κ1) is 26.1. The molecule has 0 saturated heterocycles. The Balaban J connectivity index is 0.000000392. The van der Waals surface area contributed by atoms with E-state index in [1.54, 1.807) is 6.20 Å². The number of benzene rings is 2. The van der Waals surface area contributed by atoms with Crippen LogP contribution in [-0.4, -0.2) is 69.1 Å². The summed E-state index contributed by atoms with van der Waals surface area (Å²) in [6.07, 6.45) is 3.91. The number of aliphatic carboxylic acids is 2. The maximum atomic E-state index is 9.55. The summed E-state index contributed by atoms with van der Waals surface area (Å²) in [5, 5.41) is 21.5. The molecule has 0 aliphatic heterocycles. The van der Waals surface area contributed by atoms with Crippen LogP contribution < -0.4 is 4.74 Å². The van der Waals surface area contributed by atoms with Gasteiger partial charge < -0.3 is 19.8 Å². The quantitative estimate of drug-likeness (QED) is 0.267. The molecule has 186 valence electrons. The fourth-order valence-corrected chi connectivity index (χ4v) is 3.36. The average Bonchev–Trinajstić information content (AvgIpc) is 3.26. The highest BCUT2D eigenvalue weighted by Gasteiger charge is 2.14. The number of fused-ring (bicyclic) bond motifs is 1. The lowest BCUT2D eigenvalue weighted by Gasteiger charge is -2.11. The molecule has 4 rings (SSSR count). The number of hydrogen-bond acceptors (Lipinski definition) is 6. The van der Waals surface area contributed by atoms with E-state index in [9.17, 15) is 9.59 Å². The van der Waals surface area contributed by atoms with Crippen LogP contribution in [-0.2, 0) is 9.59 Å². The monoisotopic (exact) mass is 488 g/mol. The molecule has 2 aromatic carbocycles. The zero-order valence-corrected chi connectivity index (χ0v) is 20.1. The van der Waals surface area contributed by atoms with Crippen LogP contribution >= 0.6 is 0 Å². The minimum absolute atomic E-state index is 0.558. The van der Waals surface area contributed by atoms with Crippen molar-refractivity contribution in [1.29, 1.82) is 0 Å². The number of carbonyl (C=O) groups is 2. The summed E-state index contributed by atoms with van der Waals surface area (Å²) in [5.74, 6) is -1.67. The van der Waals surface area contributed by atoms with Gasteiger partial charge in [0, 0.05) is 41.9 Å². The molecule has 9 heteroatoms. The highest BCUT2D eigenvalue weighted by atomic mass is 16.5. The highest BCUT2D eigenvalue weighted by molar-refractivity contribution is 5.92. The van der Waals surface area contributed by atoms with Gasteiger partial charge in [-0.05, 0) is 44.8 Å². The minimum Gasteiger partial charge on any atom is -0.493 e. The lowest BCUT2D eigenvalue weighted by molar-refractivity contribution is -0.134. The molecule has 0 radical (unpaired) electrons. The molecule has 0 saturated carbocycles. The van der Waals surface area contributed by atoms with Gasteiger partial charge in [0.2, 0.25) is 0 Å². The molecule has 0 unspecified atom stereocenters. The Morgan fingerprint density at radius 3 is 2.36 bits per heavy atom. The Bertz CT molecular complexity index is 1320. The van der Waals surface area contributed by atoms with E-state index in [1.165, 1.54) is 0 Å². The highest BCUT2D eigenvalue weighted by Crippen LogP contribution is 2.29. The number of ether oxygens (including phenoxy) is 1. The van der Waals surface area contributed by atoms with Gasteiger partial charge in [-0.2, -0.15) is 5.10 Å². The van der Waals surface area contributed by atoms with E-state index in [2.05, 4.69) is 42.2 Å². The summed E-state index contributed by atoms with van der Waals surface area (Å²) in [7, 11) is 4.14. The van der Waals surface area contributed by atoms with Gasteiger partial charge in [-0.3, -0.25) is 0 Å². The Morgan fingerprint density at radius 2 is 1.69 bits per heavy atom. The second-order valence-corrected chi connectivity index (χ2v) is 8.01. The van der Waals surface area contributed by atoms with Crippen LogP contribution in [0.4, 0.5) is 0 Å². The Kier molecular flexibility index (Phi) is 9.30. The largest absolute Gasteiger partial charge is 0.493 e. The summed E-state index contributed by atoms with van der Waals surface area (Å²) < 4.78 is 7.83. The van der Waals surface area contributed by atoms with Gasteiger partial charge in [0.05, 0.1) is 12.3 Å². The molecule has 0 amide bonds. The fraction of sp³-hybridized carbons (Fsp3) is 0.185. The van der Waals surface area contributed by atoms with Crippen molar-refractivity contribution >= 4 is 23.0 Å².